The van der Waals surface area contributed by atoms with Crippen LogP contribution in [0.25, 0.3) is 0 Å². The molecule has 4 aliphatic rings. The molecule has 0 radical (unpaired) electrons. The van der Waals surface area contributed by atoms with E-state index in [2.05, 4.69) is 26.8 Å². The first-order valence-electron chi connectivity index (χ1n) is 15.5. The molecular formula is C32H53N3O5. The van der Waals surface area contributed by atoms with E-state index in [1.807, 2.05) is 60.6 Å². The lowest BCUT2D eigenvalue weighted by atomic mass is 9.95. The van der Waals surface area contributed by atoms with Gasteiger partial charge in [0.2, 0.25) is 0 Å². The number of ether oxygens (including phenoxy) is 4. The van der Waals surface area contributed by atoms with Crippen LogP contribution in [-0.4, -0.2) is 104 Å². The molecule has 3 unspecified atom stereocenters. The van der Waals surface area contributed by atoms with Gasteiger partial charge in [-0.3, -0.25) is 4.90 Å². The van der Waals surface area contributed by atoms with Crippen LogP contribution in [0.5, 0.6) is 0 Å². The van der Waals surface area contributed by atoms with Gasteiger partial charge in [0, 0.05) is 64.7 Å². The summed E-state index contributed by atoms with van der Waals surface area (Å²) in [4.78, 5) is 19.9. The van der Waals surface area contributed by atoms with Crippen LogP contribution in [0.2, 0.25) is 0 Å². The van der Waals surface area contributed by atoms with E-state index in [-0.39, 0.29) is 24.3 Å². The molecule has 0 amide bonds. The van der Waals surface area contributed by atoms with Gasteiger partial charge in [-0.05, 0) is 84.1 Å². The molecule has 1 aromatic carbocycles. The van der Waals surface area contributed by atoms with Crippen LogP contribution in [0.4, 0.5) is 5.69 Å². The minimum Gasteiger partial charge on any atom is -0.456 e. The van der Waals surface area contributed by atoms with Crippen molar-refractivity contribution >= 4 is 11.7 Å². The number of rotatable bonds is 6. The normalized spacial score (nSPS) is 28.0. The molecule has 3 atom stereocenters. The van der Waals surface area contributed by atoms with E-state index in [0.29, 0.717) is 5.56 Å². The molecule has 5 rings (SSSR count). The summed E-state index contributed by atoms with van der Waals surface area (Å²) in [5.74, 6) is -0.0188. The molecule has 0 saturated carbocycles. The lowest BCUT2D eigenvalue weighted by Gasteiger charge is -2.41. The minimum atomic E-state index is -0.501. The lowest BCUT2D eigenvalue weighted by molar-refractivity contribution is -0.155. The third-order valence-electron chi connectivity index (χ3n) is 8.22. The number of benzene rings is 1. The quantitative estimate of drug-likeness (QED) is 0.460. The molecule has 1 aromatic rings. The lowest BCUT2D eigenvalue weighted by Crippen LogP contribution is -2.54. The first-order valence-corrected chi connectivity index (χ1v) is 15.5. The second-order valence-electron chi connectivity index (χ2n) is 12.9. The molecule has 226 valence electrons. The summed E-state index contributed by atoms with van der Waals surface area (Å²) in [5.41, 5.74) is 1.33. The second kappa shape index (κ2) is 13.5. The number of fused-ring (bicyclic) bond motifs is 1. The number of piperazine rings is 1. The molecule has 0 bridgehead atoms. The van der Waals surface area contributed by atoms with Crippen molar-refractivity contribution in [1.82, 2.24) is 9.80 Å². The van der Waals surface area contributed by atoms with Gasteiger partial charge >= 0.3 is 5.97 Å². The van der Waals surface area contributed by atoms with Gasteiger partial charge in [-0.1, -0.05) is 13.8 Å². The Hall–Kier alpha value is -1.71. The Kier molecular flexibility index (Phi) is 10.5. The van der Waals surface area contributed by atoms with E-state index in [9.17, 15) is 4.79 Å². The Balaban J connectivity index is 0.00000181. The van der Waals surface area contributed by atoms with E-state index in [1.54, 1.807) is 0 Å². The van der Waals surface area contributed by atoms with Crippen LogP contribution in [-0.2, 0) is 18.9 Å². The first-order chi connectivity index (χ1) is 19.0. The number of nitrogens with zero attached hydrogens (tertiary/aromatic N) is 3. The van der Waals surface area contributed by atoms with Crippen molar-refractivity contribution in [1.29, 1.82) is 0 Å². The standard InChI is InChI=1S/C30H47N3O5.C2H6/c1-29(2,3)38-28(34)23-6-8-24(9-7-23)33-13-10-22(11-14-33)20-31-15-17-32(18-16-31)21-26-27-25(12-19-35-26)36-30(4,5)37-27;1-2/h6-9,22,25-27H,10-21H2,1-5H3;1-2H3. The molecule has 0 aromatic heterocycles. The van der Waals surface area contributed by atoms with Crippen LogP contribution in [0.15, 0.2) is 24.3 Å². The van der Waals surface area contributed by atoms with Gasteiger partial charge in [-0.15, -0.1) is 0 Å². The van der Waals surface area contributed by atoms with E-state index in [0.717, 1.165) is 64.8 Å². The molecule has 0 spiro atoms. The summed E-state index contributed by atoms with van der Waals surface area (Å²) < 4.78 is 23.9. The summed E-state index contributed by atoms with van der Waals surface area (Å²) in [7, 11) is 0. The zero-order valence-corrected chi connectivity index (χ0v) is 26.0. The minimum absolute atomic E-state index is 0.0514. The molecule has 4 heterocycles. The maximum atomic E-state index is 12.3. The average molecular weight is 560 g/mol. The summed E-state index contributed by atoms with van der Waals surface area (Å²) >= 11 is 0. The monoisotopic (exact) mass is 559 g/mol. The molecule has 0 N–H and O–H groups in total. The topological polar surface area (TPSA) is 63.7 Å². The maximum absolute atomic E-state index is 12.3. The van der Waals surface area contributed by atoms with Crippen molar-refractivity contribution in [3.8, 4) is 0 Å². The highest BCUT2D eigenvalue weighted by molar-refractivity contribution is 5.90. The highest BCUT2D eigenvalue weighted by Gasteiger charge is 2.48. The largest absolute Gasteiger partial charge is 0.456 e. The summed E-state index contributed by atoms with van der Waals surface area (Å²) in [6.45, 7) is 23.1. The van der Waals surface area contributed by atoms with Gasteiger partial charge in [0.15, 0.2) is 5.79 Å². The van der Waals surface area contributed by atoms with Crippen LogP contribution in [0, 0.1) is 5.92 Å². The number of hydrogen-bond acceptors (Lipinski definition) is 8. The van der Waals surface area contributed by atoms with Crippen molar-refractivity contribution in [3.05, 3.63) is 29.8 Å². The van der Waals surface area contributed by atoms with E-state index < -0.39 is 11.4 Å². The number of esters is 1. The number of piperidine rings is 1. The van der Waals surface area contributed by atoms with E-state index >= 15 is 0 Å². The molecule has 40 heavy (non-hydrogen) atoms. The predicted molar refractivity (Wildman–Crippen MR) is 159 cm³/mol. The molecule has 8 heteroatoms. The Morgan fingerprint density at radius 2 is 1.50 bits per heavy atom. The van der Waals surface area contributed by atoms with Gasteiger partial charge in [0.25, 0.3) is 0 Å². The zero-order chi connectivity index (χ0) is 28.9. The van der Waals surface area contributed by atoms with Crippen LogP contribution >= 0.6 is 0 Å². The average Bonchev–Trinajstić information content (AvgIpc) is 3.25. The Morgan fingerprint density at radius 1 is 0.900 bits per heavy atom. The van der Waals surface area contributed by atoms with Crippen molar-refractivity contribution in [2.24, 2.45) is 5.92 Å². The van der Waals surface area contributed by atoms with Gasteiger partial charge in [-0.25, -0.2) is 4.79 Å². The summed E-state index contributed by atoms with van der Waals surface area (Å²) in [6.07, 6.45) is 3.66. The SMILES string of the molecule is CC.CC(C)(C)OC(=O)c1ccc(N2CCC(CN3CCN(CC4OCCC5OC(C)(C)OC45)CC3)CC2)cc1. The van der Waals surface area contributed by atoms with Crippen molar-refractivity contribution in [2.45, 2.75) is 97.4 Å². The smallest absolute Gasteiger partial charge is 0.338 e. The number of anilines is 1. The summed E-state index contributed by atoms with van der Waals surface area (Å²) in [5, 5.41) is 0. The highest BCUT2D eigenvalue weighted by Crippen LogP contribution is 2.35. The number of carbonyl (C=O) groups excluding carboxylic acids is 1. The zero-order valence-electron chi connectivity index (χ0n) is 26.0. The molecule has 4 aliphatic heterocycles. The van der Waals surface area contributed by atoms with Crippen molar-refractivity contribution in [2.75, 3.05) is 63.9 Å². The molecular weight excluding hydrogens is 506 g/mol. The van der Waals surface area contributed by atoms with E-state index in [1.165, 1.54) is 25.1 Å². The predicted octanol–water partition coefficient (Wildman–Crippen LogP) is 4.81. The third-order valence-corrected chi connectivity index (χ3v) is 8.22. The third kappa shape index (κ3) is 8.41. The highest BCUT2D eigenvalue weighted by atomic mass is 16.8. The fourth-order valence-electron chi connectivity index (χ4n) is 6.28. The Morgan fingerprint density at radius 3 is 2.10 bits per heavy atom. The molecule has 8 nitrogen and oxygen atoms in total. The Bertz CT molecular complexity index is 931. The van der Waals surface area contributed by atoms with Crippen molar-refractivity contribution < 1.29 is 23.7 Å². The maximum Gasteiger partial charge on any atom is 0.338 e. The van der Waals surface area contributed by atoms with Crippen LogP contribution in [0.1, 0.15) is 78.1 Å². The number of carbonyl (C=O) groups is 1. The second-order valence-corrected chi connectivity index (χ2v) is 12.9. The molecule has 4 fully saturated rings. The van der Waals surface area contributed by atoms with Gasteiger partial charge in [-0.2, -0.15) is 0 Å². The van der Waals surface area contributed by atoms with Crippen LogP contribution < -0.4 is 4.90 Å². The Labute approximate surface area is 242 Å². The summed E-state index contributed by atoms with van der Waals surface area (Å²) in [6, 6.07) is 7.89. The van der Waals surface area contributed by atoms with Crippen LogP contribution in [0.3, 0.4) is 0 Å². The van der Waals surface area contributed by atoms with Crippen molar-refractivity contribution in [3.63, 3.8) is 0 Å². The van der Waals surface area contributed by atoms with Gasteiger partial charge < -0.3 is 28.7 Å². The first kappa shape index (κ1) is 31.2. The van der Waals surface area contributed by atoms with Gasteiger partial charge in [0.05, 0.1) is 17.8 Å². The fourth-order valence-corrected chi connectivity index (χ4v) is 6.28. The number of hydrogen-bond donors (Lipinski definition) is 0. The molecule has 0 aliphatic carbocycles. The van der Waals surface area contributed by atoms with E-state index in [4.69, 9.17) is 18.9 Å². The fraction of sp³-hybridized carbons (Fsp3) is 0.781. The molecule has 4 saturated heterocycles. The van der Waals surface area contributed by atoms with Gasteiger partial charge in [0.1, 0.15) is 11.7 Å².